The molecule has 0 aromatic heterocycles. The molecule has 1 aliphatic heterocycles. The number of nitrogens with two attached hydrogens (primary N) is 1. The standard InChI is InChI=1S/C15H20ClFN2O3/c16-12-6-11(7-13(17)8-12)14(22-5-3-18)10-2-1-4-19(9-10)15(20)21/h6-8,10,14H,1-5,9,18H2,(H,20,21)/t10?,14-/m1/s1. The van der Waals surface area contributed by atoms with Crippen molar-refractivity contribution in [1.82, 2.24) is 4.90 Å². The highest BCUT2D eigenvalue weighted by atomic mass is 35.5. The van der Waals surface area contributed by atoms with Crippen LogP contribution in [-0.4, -0.2) is 42.3 Å². The fourth-order valence-corrected chi connectivity index (χ4v) is 3.10. The Labute approximate surface area is 133 Å². The fourth-order valence-electron chi connectivity index (χ4n) is 2.87. The third-order valence-corrected chi connectivity index (χ3v) is 4.00. The molecule has 5 nitrogen and oxygen atoms in total. The predicted molar refractivity (Wildman–Crippen MR) is 81.5 cm³/mol. The van der Waals surface area contributed by atoms with Crippen LogP contribution in [0.4, 0.5) is 9.18 Å². The molecule has 1 aromatic carbocycles. The molecule has 7 heteroatoms. The number of rotatable bonds is 5. The molecule has 1 aromatic rings. The quantitative estimate of drug-likeness (QED) is 0.870. The number of carboxylic acid groups (broad SMARTS) is 1. The molecule has 1 amide bonds. The van der Waals surface area contributed by atoms with Crippen LogP contribution in [0.3, 0.4) is 0 Å². The molecule has 1 fully saturated rings. The van der Waals surface area contributed by atoms with Gasteiger partial charge in [-0.25, -0.2) is 9.18 Å². The summed E-state index contributed by atoms with van der Waals surface area (Å²) >= 11 is 5.92. The summed E-state index contributed by atoms with van der Waals surface area (Å²) in [6, 6.07) is 4.27. The lowest BCUT2D eigenvalue weighted by atomic mass is 9.88. The predicted octanol–water partition coefficient (Wildman–Crippen LogP) is 2.89. The fraction of sp³-hybridized carbons (Fsp3) is 0.533. The molecule has 0 saturated carbocycles. The van der Waals surface area contributed by atoms with Crippen molar-refractivity contribution in [3.63, 3.8) is 0 Å². The first-order valence-electron chi connectivity index (χ1n) is 7.26. The zero-order valence-electron chi connectivity index (χ0n) is 12.2. The number of hydrogen-bond acceptors (Lipinski definition) is 3. The largest absolute Gasteiger partial charge is 0.465 e. The topological polar surface area (TPSA) is 75.8 Å². The molecule has 2 atom stereocenters. The van der Waals surface area contributed by atoms with E-state index in [4.69, 9.17) is 27.2 Å². The van der Waals surface area contributed by atoms with Crippen LogP contribution in [-0.2, 0) is 4.74 Å². The van der Waals surface area contributed by atoms with E-state index in [0.717, 1.165) is 12.8 Å². The molecule has 1 saturated heterocycles. The van der Waals surface area contributed by atoms with Crippen molar-refractivity contribution >= 4 is 17.7 Å². The van der Waals surface area contributed by atoms with E-state index in [1.165, 1.54) is 17.0 Å². The summed E-state index contributed by atoms with van der Waals surface area (Å²) in [6.45, 7) is 1.54. The number of likely N-dealkylation sites (tertiary alicyclic amines) is 1. The maximum absolute atomic E-state index is 13.6. The number of ether oxygens (including phenoxy) is 1. The van der Waals surface area contributed by atoms with Gasteiger partial charge in [0.25, 0.3) is 0 Å². The highest BCUT2D eigenvalue weighted by Gasteiger charge is 2.31. The third kappa shape index (κ3) is 4.32. The second kappa shape index (κ2) is 7.76. The maximum Gasteiger partial charge on any atom is 0.407 e. The molecule has 1 heterocycles. The summed E-state index contributed by atoms with van der Waals surface area (Å²) in [5.74, 6) is -0.482. The smallest absolute Gasteiger partial charge is 0.407 e. The number of carbonyl (C=O) groups is 1. The van der Waals surface area contributed by atoms with Crippen molar-refractivity contribution < 1.29 is 19.0 Å². The minimum atomic E-state index is -0.945. The zero-order valence-corrected chi connectivity index (χ0v) is 12.9. The first kappa shape index (κ1) is 17.0. The van der Waals surface area contributed by atoms with E-state index in [-0.39, 0.29) is 5.92 Å². The minimum absolute atomic E-state index is 0.0470. The van der Waals surface area contributed by atoms with Gasteiger partial charge in [-0.05, 0) is 36.6 Å². The summed E-state index contributed by atoms with van der Waals surface area (Å²) in [4.78, 5) is 12.5. The highest BCUT2D eigenvalue weighted by molar-refractivity contribution is 6.30. The zero-order chi connectivity index (χ0) is 16.1. The number of hydrogen-bond donors (Lipinski definition) is 2. The normalized spacial score (nSPS) is 20.0. The van der Waals surface area contributed by atoms with Gasteiger partial charge in [-0.15, -0.1) is 0 Å². The van der Waals surface area contributed by atoms with Crippen LogP contribution in [0.25, 0.3) is 0 Å². The number of amides is 1. The Bertz CT molecular complexity index is 509. The average Bonchev–Trinajstić information content (AvgIpc) is 2.47. The van der Waals surface area contributed by atoms with E-state index in [2.05, 4.69) is 0 Å². The lowest BCUT2D eigenvalue weighted by Crippen LogP contribution is -2.41. The Morgan fingerprint density at radius 3 is 2.95 bits per heavy atom. The number of nitrogens with zero attached hydrogens (tertiary/aromatic N) is 1. The molecule has 0 radical (unpaired) electrons. The van der Waals surface area contributed by atoms with Gasteiger partial charge in [-0.2, -0.15) is 0 Å². The van der Waals surface area contributed by atoms with Crippen molar-refractivity contribution in [2.75, 3.05) is 26.2 Å². The van der Waals surface area contributed by atoms with Gasteiger partial charge in [0.2, 0.25) is 0 Å². The summed E-state index contributed by atoms with van der Waals surface area (Å²) < 4.78 is 19.4. The summed E-state index contributed by atoms with van der Waals surface area (Å²) in [5, 5.41) is 9.45. The lowest BCUT2D eigenvalue weighted by molar-refractivity contribution is -0.00991. The number of piperidine rings is 1. The molecule has 3 N–H and O–H groups in total. The Kier molecular flexibility index (Phi) is 5.99. The molecular weight excluding hydrogens is 311 g/mol. The Hall–Kier alpha value is -1.37. The summed E-state index contributed by atoms with van der Waals surface area (Å²) in [5.41, 5.74) is 6.11. The van der Waals surface area contributed by atoms with Crippen molar-refractivity contribution in [3.8, 4) is 0 Å². The monoisotopic (exact) mass is 330 g/mol. The van der Waals surface area contributed by atoms with Crippen LogP contribution < -0.4 is 5.73 Å². The van der Waals surface area contributed by atoms with E-state index in [1.807, 2.05) is 0 Å². The van der Waals surface area contributed by atoms with Crippen LogP contribution in [0, 0.1) is 11.7 Å². The van der Waals surface area contributed by atoms with Gasteiger partial charge in [0.05, 0.1) is 12.7 Å². The third-order valence-electron chi connectivity index (χ3n) is 3.79. The van der Waals surface area contributed by atoms with Crippen LogP contribution in [0.1, 0.15) is 24.5 Å². The molecule has 0 spiro atoms. The summed E-state index contributed by atoms with van der Waals surface area (Å²) in [6.07, 6.45) is 0.203. The average molecular weight is 331 g/mol. The van der Waals surface area contributed by atoms with Crippen molar-refractivity contribution in [2.24, 2.45) is 11.7 Å². The lowest BCUT2D eigenvalue weighted by Gasteiger charge is -2.35. The second-order valence-electron chi connectivity index (χ2n) is 5.41. The first-order valence-corrected chi connectivity index (χ1v) is 7.64. The number of benzene rings is 1. The van der Waals surface area contributed by atoms with E-state index in [9.17, 15) is 9.18 Å². The van der Waals surface area contributed by atoms with E-state index < -0.39 is 18.0 Å². The van der Waals surface area contributed by atoms with Crippen LogP contribution in [0.5, 0.6) is 0 Å². The Morgan fingerprint density at radius 2 is 2.32 bits per heavy atom. The maximum atomic E-state index is 13.6. The van der Waals surface area contributed by atoms with Crippen molar-refractivity contribution in [1.29, 1.82) is 0 Å². The molecule has 22 heavy (non-hydrogen) atoms. The van der Waals surface area contributed by atoms with Gasteiger partial charge < -0.3 is 20.5 Å². The minimum Gasteiger partial charge on any atom is -0.465 e. The molecule has 1 aliphatic rings. The van der Waals surface area contributed by atoms with Gasteiger partial charge in [-0.1, -0.05) is 11.6 Å². The van der Waals surface area contributed by atoms with Crippen molar-refractivity contribution in [3.05, 3.63) is 34.6 Å². The Morgan fingerprint density at radius 1 is 1.55 bits per heavy atom. The van der Waals surface area contributed by atoms with E-state index >= 15 is 0 Å². The van der Waals surface area contributed by atoms with Gasteiger partial charge in [0, 0.05) is 30.6 Å². The first-order chi connectivity index (χ1) is 10.5. The van der Waals surface area contributed by atoms with Crippen LogP contribution in [0.15, 0.2) is 18.2 Å². The van der Waals surface area contributed by atoms with Gasteiger partial charge >= 0.3 is 6.09 Å². The van der Waals surface area contributed by atoms with Gasteiger partial charge in [0.15, 0.2) is 0 Å². The molecule has 2 rings (SSSR count). The van der Waals surface area contributed by atoms with Crippen molar-refractivity contribution in [2.45, 2.75) is 18.9 Å². The second-order valence-corrected chi connectivity index (χ2v) is 5.85. The van der Waals surface area contributed by atoms with E-state index in [0.29, 0.717) is 36.8 Å². The van der Waals surface area contributed by atoms with Gasteiger partial charge in [0.1, 0.15) is 5.82 Å². The molecule has 122 valence electrons. The number of halogens is 2. The summed E-state index contributed by atoms with van der Waals surface area (Å²) in [7, 11) is 0. The van der Waals surface area contributed by atoms with E-state index in [1.54, 1.807) is 6.07 Å². The molecule has 1 unspecified atom stereocenters. The Balaban J connectivity index is 2.22. The molecule has 0 bridgehead atoms. The van der Waals surface area contributed by atoms with Crippen LogP contribution in [0.2, 0.25) is 5.02 Å². The van der Waals surface area contributed by atoms with Crippen LogP contribution >= 0.6 is 11.6 Å². The SMILES string of the molecule is NCCO[C@@H](c1cc(F)cc(Cl)c1)C1CCCN(C(=O)O)C1. The van der Waals surface area contributed by atoms with Gasteiger partial charge in [-0.3, -0.25) is 0 Å². The molecule has 0 aliphatic carbocycles. The molecular formula is C15H20ClFN2O3. The highest BCUT2D eigenvalue weighted by Crippen LogP contribution is 2.34.